The van der Waals surface area contributed by atoms with E-state index in [4.69, 9.17) is 5.26 Å². The van der Waals surface area contributed by atoms with Crippen LogP contribution in [0.15, 0.2) is 42.5 Å². The van der Waals surface area contributed by atoms with Crippen molar-refractivity contribution >= 4 is 17.3 Å². The molecule has 4 nitrogen and oxygen atoms in total. The normalized spacial score (nSPS) is 11.4. The number of para-hydroxylation sites is 1. The van der Waals surface area contributed by atoms with Crippen LogP contribution in [0.3, 0.4) is 0 Å². The van der Waals surface area contributed by atoms with Crippen LogP contribution in [0.5, 0.6) is 0 Å². The van der Waals surface area contributed by atoms with Gasteiger partial charge in [-0.05, 0) is 43.7 Å². The monoisotopic (exact) mass is 297 g/mol. The van der Waals surface area contributed by atoms with E-state index >= 15 is 0 Å². The molecule has 0 unspecified atom stereocenters. The molecule has 5 heteroatoms. The van der Waals surface area contributed by atoms with E-state index < -0.39 is 6.04 Å². The summed E-state index contributed by atoms with van der Waals surface area (Å²) in [5, 5.41) is 14.6. The quantitative estimate of drug-likeness (QED) is 0.908. The Hall–Kier alpha value is -2.87. The molecule has 2 N–H and O–H groups in total. The van der Waals surface area contributed by atoms with Crippen molar-refractivity contribution in [1.82, 2.24) is 0 Å². The number of carbonyl (C=O) groups excluding carboxylic acids is 1. The third-order valence-corrected chi connectivity index (χ3v) is 3.25. The average molecular weight is 297 g/mol. The maximum atomic E-state index is 13.5. The number of hydrogen-bond acceptors (Lipinski definition) is 3. The van der Waals surface area contributed by atoms with Gasteiger partial charge in [0.1, 0.15) is 17.9 Å². The van der Waals surface area contributed by atoms with Crippen molar-refractivity contribution in [3.05, 3.63) is 59.4 Å². The fraction of sp³-hybridized carbons (Fsp3) is 0.176. The Balaban J connectivity index is 2.06. The molecule has 0 radical (unpaired) electrons. The molecule has 2 aromatic rings. The highest BCUT2D eigenvalue weighted by molar-refractivity contribution is 5.97. The minimum atomic E-state index is -0.575. The Kier molecular flexibility index (Phi) is 4.74. The Morgan fingerprint density at radius 3 is 2.68 bits per heavy atom. The summed E-state index contributed by atoms with van der Waals surface area (Å²) in [5.41, 5.74) is 1.92. The number of aryl methyl sites for hydroxylation is 1. The Bertz CT molecular complexity index is 737. The zero-order chi connectivity index (χ0) is 16.1. The third-order valence-electron chi connectivity index (χ3n) is 3.25. The van der Waals surface area contributed by atoms with Gasteiger partial charge in [-0.1, -0.05) is 18.2 Å². The molecular formula is C17H16FN3O. The van der Waals surface area contributed by atoms with Gasteiger partial charge in [0, 0.05) is 5.69 Å². The highest BCUT2D eigenvalue weighted by Crippen LogP contribution is 2.16. The molecule has 0 spiro atoms. The Labute approximate surface area is 128 Å². The van der Waals surface area contributed by atoms with E-state index in [0.717, 1.165) is 0 Å². The lowest BCUT2D eigenvalue weighted by Crippen LogP contribution is -2.32. The summed E-state index contributed by atoms with van der Waals surface area (Å²) in [6.07, 6.45) is 0. The lowest BCUT2D eigenvalue weighted by molar-refractivity contribution is -0.116. The van der Waals surface area contributed by atoms with E-state index in [1.54, 1.807) is 50.2 Å². The molecule has 22 heavy (non-hydrogen) atoms. The van der Waals surface area contributed by atoms with Crippen molar-refractivity contribution in [1.29, 1.82) is 5.26 Å². The van der Waals surface area contributed by atoms with Crippen LogP contribution in [0.1, 0.15) is 18.1 Å². The van der Waals surface area contributed by atoms with Gasteiger partial charge in [0.15, 0.2) is 0 Å². The fourth-order valence-corrected chi connectivity index (χ4v) is 1.93. The molecule has 0 aliphatic heterocycles. The van der Waals surface area contributed by atoms with E-state index in [2.05, 4.69) is 10.6 Å². The first kappa shape index (κ1) is 15.5. The minimum Gasteiger partial charge on any atom is -0.374 e. The van der Waals surface area contributed by atoms with Gasteiger partial charge in [0.05, 0.1) is 11.3 Å². The number of rotatable bonds is 4. The number of benzene rings is 2. The summed E-state index contributed by atoms with van der Waals surface area (Å²) < 4.78 is 13.5. The molecule has 1 atom stereocenters. The van der Waals surface area contributed by atoms with E-state index in [-0.39, 0.29) is 11.7 Å². The van der Waals surface area contributed by atoms with Crippen LogP contribution < -0.4 is 10.6 Å². The largest absolute Gasteiger partial charge is 0.374 e. The van der Waals surface area contributed by atoms with Crippen LogP contribution in [0.25, 0.3) is 0 Å². The van der Waals surface area contributed by atoms with Gasteiger partial charge in [-0.2, -0.15) is 5.26 Å². The summed E-state index contributed by atoms with van der Waals surface area (Å²) in [4.78, 5) is 12.2. The van der Waals surface area contributed by atoms with E-state index in [1.807, 2.05) is 6.07 Å². The van der Waals surface area contributed by atoms with Crippen molar-refractivity contribution in [2.45, 2.75) is 19.9 Å². The van der Waals surface area contributed by atoms with E-state index in [0.29, 0.717) is 22.5 Å². The summed E-state index contributed by atoms with van der Waals surface area (Å²) in [6.45, 7) is 3.34. The van der Waals surface area contributed by atoms with Gasteiger partial charge in [0.2, 0.25) is 5.91 Å². The molecule has 112 valence electrons. The fourth-order valence-electron chi connectivity index (χ4n) is 1.93. The first-order valence-corrected chi connectivity index (χ1v) is 6.84. The molecule has 1 amide bonds. The maximum absolute atomic E-state index is 13.5. The molecule has 0 saturated heterocycles. The molecular weight excluding hydrogens is 281 g/mol. The van der Waals surface area contributed by atoms with Crippen molar-refractivity contribution in [2.24, 2.45) is 0 Å². The number of nitriles is 1. The number of amides is 1. The van der Waals surface area contributed by atoms with Crippen molar-refractivity contribution < 1.29 is 9.18 Å². The van der Waals surface area contributed by atoms with Gasteiger partial charge >= 0.3 is 0 Å². The van der Waals surface area contributed by atoms with Crippen LogP contribution in [0.2, 0.25) is 0 Å². The molecule has 0 aliphatic rings. The van der Waals surface area contributed by atoms with Gasteiger partial charge in [-0.15, -0.1) is 0 Å². The minimum absolute atomic E-state index is 0.302. The van der Waals surface area contributed by atoms with Crippen molar-refractivity contribution in [3.63, 3.8) is 0 Å². The second-order valence-corrected chi connectivity index (χ2v) is 4.98. The smallest absolute Gasteiger partial charge is 0.246 e. The highest BCUT2D eigenvalue weighted by atomic mass is 19.1. The summed E-state index contributed by atoms with van der Waals surface area (Å²) in [6, 6.07) is 12.9. The Morgan fingerprint density at radius 2 is 2.00 bits per heavy atom. The van der Waals surface area contributed by atoms with Gasteiger partial charge in [0.25, 0.3) is 0 Å². The zero-order valence-corrected chi connectivity index (χ0v) is 12.4. The molecule has 0 heterocycles. The van der Waals surface area contributed by atoms with E-state index in [9.17, 15) is 9.18 Å². The summed E-state index contributed by atoms with van der Waals surface area (Å²) >= 11 is 0. The predicted molar refractivity (Wildman–Crippen MR) is 84.0 cm³/mol. The summed E-state index contributed by atoms with van der Waals surface area (Å²) in [7, 11) is 0. The molecule has 0 saturated carbocycles. The van der Waals surface area contributed by atoms with Crippen LogP contribution in [0, 0.1) is 24.1 Å². The second kappa shape index (κ2) is 6.72. The standard InChI is InChI=1S/C17H16FN3O/c1-11-7-8-14(9-15(11)18)20-12(2)17(22)21-16-6-4-3-5-13(16)10-19/h3-9,12,20H,1-2H3,(H,21,22)/t12-/m1/s1. The van der Waals surface area contributed by atoms with Crippen LogP contribution >= 0.6 is 0 Å². The van der Waals surface area contributed by atoms with Crippen molar-refractivity contribution in [3.8, 4) is 6.07 Å². The second-order valence-electron chi connectivity index (χ2n) is 4.98. The molecule has 2 rings (SSSR count). The molecule has 2 aromatic carbocycles. The molecule has 0 fully saturated rings. The number of halogens is 1. The maximum Gasteiger partial charge on any atom is 0.246 e. The number of nitrogens with zero attached hydrogens (tertiary/aromatic N) is 1. The molecule has 0 bridgehead atoms. The lowest BCUT2D eigenvalue weighted by atomic mass is 10.1. The predicted octanol–water partition coefficient (Wildman–Crippen LogP) is 3.44. The van der Waals surface area contributed by atoms with Crippen LogP contribution in [-0.4, -0.2) is 11.9 Å². The first-order valence-electron chi connectivity index (χ1n) is 6.84. The lowest BCUT2D eigenvalue weighted by Gasteiger charge is -2.16. The average Bonchev–Trinajstić information content (AvgIpc) is 2.51. The zero-order valence-electron chi connectivity index (χ0n) is 12.4. The number of anilines is 2. The van der Waals surface area contributed by atoms with E-state index in [1.165, 1.54) is 6.07 Å². The molecule has 0 aliphatic carbocycles. The highest BCUT2D eigenvalue weighted by Gasteiger charge is 2.14. The van der Waals surface area contributed by atoms with Gasteiger partial charge in [-0.3, -0.25) is 4.79 Å². The van der Waals surface area contributed by atoms with Crippen LogP contribution in [-0.2, 0) is 4.79 Å². The molecule has 0 aromatic heterocycles. The van der Waals surface area contributed by atoms with Crippen molar-refractivity contribution in [2.75, 3.05) is 10.6 Å². The summed E-state index contributed by atoms with van der Waals surface area (Å²) in [5.74, 6) is -0.629. The number of hydrogen-bond donors (Lipinski definition) is 2. The SMILES string of the molecule is Cc1ccc(N[C@H](C)C(=O)Nc2ccccc2C#N)cc1F. The third kappa shape index (κ3) is 3.61. The van der Waals surface area contributed by atoms with Gasteiger partial charge < -0.3 is 10.6 Å². The van der Waals surface area contributed by atoms with Gasteiger partial charge in [-0.25, -0.2) is 4.39 Å². The topological polar surface area (TPSA) is 64.9 Å². The number of nitrogens with one attached hydrogen (secondary N) is 2. The Morgan fingerprint density at radius 1 is 1.27 bits per heavy atom. The first-order chi connectivity index (χ1) is 10.5. The van der Waals surface area contributed by atoms with Crippen LogP contribution in [0.4, 0.5) is 15.8 Å². The number of carbonyl (C=O) groups is 1.